The van der Waals surface area contributed by atoms with Crippen molar-refractivity contribution in [3.63, 3.8) is 0 Å². The summed E-state index contributed by atoms with van der Waals surface area (Å²) in [6.07, 6.45) is 1.23. The van der Waals surface area contributed by atoms with Crippen LogP contribution in [0.4, 0.5) is 8.78 Å². The van der Waals surface area contributed by atoms with Crippen LogP contribution in [0.3, 0.4) is 0 Å². The Hall–Kier alpha value is -2.49. The highest BCUT2D eigenvalue weighted by Crippen LogP contribution is 2.20. The Balaban J connectivity index is 2.50. The van der Waals surface area contributed by atoms with Crippen molar-refractivity contribution >= 4 is 17.6 Å². The van der Waals surface area contributed by atoms with Gasteiger partial charge in [-0.1, -0.05) is 30.3 Å². The maximum atomic E-state index is 13.5. The van der Waals surface area contributed by atoms with Gasteiger partial charge in [0.05, 0.1) is 5.57 Å². The second kappa shape index (κ2) is 5.44. The van der Waals surface area contributed by atoms with Gasteiger partial charge in [0.2, 0.25) is 0 Å². The Morgan fingerprint density at radius 2 is 1.63 bits per heavy atom. The molecule has 2 rings (SSSR count). The van der Waals surface area contributed by atoms with E-state index in [1.54, 1.807) is 6.07 Å². The van der Waals surface area contributed by atoms with E-state index in [4.69, 9.17) is 5.11 Å². The van der Waals surface area contributed by atoms with E-state index in [1.807, 2.05) is 0 Å². The Morgan fingerprint density at radius 3 is 2.21 bits per heavy atom. The van der Waals surface area contributed by atoms with E-state index in [2.05, 4.69) is 0 Å². The van der Waals surface area contributed by atoms with Crippen molar-refractivity contribution in [2.24, 2.45) is 0 Å². The maximum absolute atomic E-state index is 13.5. The predicted molar refractivity (Wildman–Crippen MR) is 68.3 cm³/mol. The molecule has 0 atom stereocenters. The SMILES string of the molecule is O=C(O)/C(=C/c1ccccc1F)c1ccc(F)cc1. The van der Waals surface area contributed by atoms with Gasteiger partial charge in [0, 0.05) is 5.56 Å². The van der Waals surface area contributed by atoms with E-state index < -0.39 is 17.6 Å². The average Bonchev–Trinajstić information content (AvgIpc) is 2.39. The summed E-state index contributed by atoms with van der Waals surface area (Å²) in [6.45, 7) is 0. The lowest BCUT2D eigenvalue weighted by molar-refractivity contribution is -0.130. The molecule has 0 aliphatic heterocycles. The number of hydrogen-bond acceptors (Lipinski definition) is 1. The molecule has 0 amide bonds. The van der Waals surface area contributed by atoms with E-state index in [1.165, 1.54) is 36.4 Å². The molecule has 0 unspecified atom stereocenters. The zero-order valence-electron chi connectivity index (χ0n) is 9.81. The van der Waals surface area contributed by atoms with Crippen LogP contribution in [0, 0.1) is 11.6 Å². The third kappa shape index (κ3) is 3.04. The maximum Gasteiger partial charge on any atom is 0.336 e. The van der Waals surface area contributed by atoms with Gasteiger partial charge in [0.1, 0.15) is 11.6 Å². The molecule has 2 aromatic carbocycles. The first-order valence-electron chi connectivity index (χ1n) is 5.53. The number of halogens is 2. The minimum atomic E-state index is -1.20. The van der Waals surface area contributed by atoms with Gasteiger partial charge in [-0.3, -0.25) is 0 Å². The van der Waals surface area contributed by atoms with Crippen LogP contribution in [0.1, 0.15) is 11.1 Å². The van der Waals surface area contributed by atoms with Crippen LogP contribution in [0.5, 0.6) is 0 Å². The van der Waals surface area contributed by atoms with Crippen molar-refractivity contribution in [2.75, 3.05) is 0 Å². The largest absolute Gasteiger partial charge is 0.478 e. The van der Waals surface area contributed by atoms with Gasteiger partial charge in [-0.25, -0.2) is 13.6 Å². The van der Waals surface area contributed by atoms with Crippen LogP contribution in [0.15, 0.2) is 48.5 Å². The lowest BCUT2D eigenvalue weighted by Crippen LogP contribution is -2.00. The van der Waals surface area contributed by atoms with Crippen molar-refractivity contribution in [3.8, 4) is 0 Å². The zero-order valence-corrected chi connectivity index (χ0v) is 9.81. The zero-order chi connectivity index (χ0) is 13.8. The minimum Gasteiger partial charge on any atom is -0.478 e. The van der Waals surface area contributed by atoms with Crippen molar-refractivity contribution < 1.29 is 18.7 Å². The van der Waals surface area contributed by atoms with Crippen LogP contribution in [0.2, 0.25) is 0 Å². The average molecular weight is 260 g/mol. The highest BCUT2D eigenvalue weighted by atomic mass is 19.1. The van der Waals surface area contributed by atoms with Crippen molar-refractivity contribution in [1.82, 2.24) is 0 Å². The first-order chi connectivity index (χ1) is 9.08. The van der Waals surface area contributed by atoms with Crippen LogP contribution < -0.4 is 0 Å². The molecule has 0 aliphatic rings. The third-order valence-electron chi connectivity index (χ3n) is 2.59. The van der Waals surface area contributed by atoms with Crippen LogP contribution >= 0.6 is 0 Å². The standard InChI is InChI=1S/C15H10F2O2/c16-12-7-5-10(6-8-12)13(15(18)19)9-11-3-1-2-4-14(11)17/h1-9H,(H,18,19)/b13-9+. The summed E-state index contributed by atoms with van der Waals surface area (Å²) in [7, 11) is 0. The number of carboxylic acid groups (broad SMARTS) is 1. The normalized spacial score (nSPS) is 11.4. The fourth-order valence-corrected chi connectivity index (χ4v) is 1.65. The van der Waals surface area contributed by atoms with Gasteiger partial charge < -0.3 is 5.11 Å². The molecule has 0 radical (unpaired) electrons. The minimum absolute atomic E-state index is 0.0925. The Bertz CT molecular complexity index is 631. The Labute approximate surface area is 108 Å². The summed E-state index contributed by atoms with van der Waals surface area (Å²) < 4.78 is 26.3. The van der Waals surface area contributed by atoms with Gasteiger partial charge in [-0.15, -0.1) is 0 Å². The number of carbonyl (C=O) groups is 1. The van der Waals surface area contributed by atoms with Crippen LogP contribution in [-0.4, -0.2) is 11.1 Å². The lowest BCUT2D eigenvalue weighted by Gasteiger charge is -2.04. The lowest BCUT2D eigenvalue weighted by atomic mass is 10.0. The topological polar surface area (TPSA) is 37.3 Å². The summed E-state index contributed by atoms with van der Waals surface area (Å²) in [5.74, 6) is -2.17. The van der Waals surface area contributed by atoms with Gasteiger partial charge in [0.15, 0.2) is 0 Å². The molecule has 0 aromatic heterocycles. The molecule has 0 saturated carbocycles. The van der Waals surface area contributed by atoms with E-state index in [9.17, 15) is 13.6 Å². The molecule has 96 valence electrons. The van der Waals surface area contributed by atoms with E-state index >= 15 is 0 Å². The van der Waals surface area contributed by atoms with E-state index in [0.717, 1.165) is 12.1 Å². The molecule has 19 heavy (non-hydrogen) atoms. The van der Waals surface area contributed by atoms with Crippen LogP contribution in [0.25, 0.3) is 11.6 Å². The smallest absolute Gasteiger partial charge is 0.336 e. The van der Waals surface area contributed by atoms with Crippen LogP contribution in [-0.2, 0) is 4.79 Å². The summed E-state index contributed by atoms with van der Waals surface area (Å²) >= 11 is 0. The molecule has 0 aliphatic carbocycles. The van der Waals surface area contributed by atoms with E-state index in [-0.39, 0.29) is 11.1 Å². The molecule has 4 heteroatoms. The number of benzene rings is 2. The first-order valence-corrected chi connectivity index (χ1v) is 5.53. The molecule has 1 N–H and O–H groups in total. The number of hydrogen-bond donors (Lipinski definition) is 1. The predicted octanol–water partition coefficient (Wildman–Crippen LogP) is 3.59. The van der Waals surface area contributed by atoms with Gasteiger partial charge >= 0.3 is 5.97 Å². The monoisotopic (exact) mass is 260 g/mol. The fourth-order valence-electron chi connectivity index (χ4n) is 1.65. The molecule has 2 nitrogen and oxygen atoms in total. The molecule has 0 heterocycles. The highest BCUT2D eigenvalue weighted by molar-refractivity contribution is 6.20. The molecule has 0 fully saturated rings. The molecule has 0 spiro atoms. The van der Waals surface area contributed by atoms with Crippen molar-refractivity contribution in [2.45, 2.75) is 0 Å². The fraction of sp³-hybridized carbons (Fsp3) is 0. The summed E-state index contributed by atoms with van der Waals surface area (Å²) in [5, 5.41) is 9.16. The number of rotatable bonds is 3. The van der Waals surface area contributed by atoms with Gasteiger partial charge in [-0.05, 0) is 29.8 Å². The molecular formula is C15H10F2O2. The number of aliphatic carboxylic acids is 1. The summed E-state index contributed by atoms with van der Waals surface area (Å²) in [5.41, 5.74) is 0.395. The van der Waals surface area contributed by atoms with Crippen molar-refractivity contribution in [3.05, 3.63) is 71.3 Å². The second-order valence-electron chi connectivity index (χ2n) is 3.89. The molecular weight excluding hydrogens is 250 g/mol. The quantitative estimate of drug-likeness (QED) is 0.676. The highest BCUT2D eigenvalue weighted by Gasteiger charge is 2.11. The Morgan fingerprint density at radius 1 is 1.00 bits per heavy atom. The van der Waals surface area contributed by atoms with Gasteiger partial charge in [0.25, 0.3) is 0 Å². The third-order valence-corrected chi connectivity index (χ3v) is 2.59. The van der Waals surface area contributed by atoms with Crippen molar-refractivity contribution in [1.29, 1.82) is 0 Å². The molecule has 0 saturated heterocycles. The molecule has 0 bridgehead atoms. The Kier molecular flexibility index (Phi) is 3.71. The second-order valence-corrected chi connectivity index (χ2v) is 3.89. The van der Waals surface area contributed by atoms with E-state index in [0.29, 0.717) is 5.56 Å². The summed E-state index contributed by atoms with van der Waals surface area (Å²) in [6, 6.07) is 10.9. The first kappa shape index (κ1) is 13.0. The molecule has 2 aromatic rings. The van der Waals surface area contributed by atoms with Gasteiger partial charge in [-0.2, -0.15) is 0 Å². The number of carboxylic acids is 1. The summed E-state index contributed by atoms with van der Waals surface area (Å²) in [4.78, 5) is 11.2.